The first-order valence-corrected chi connectivity index (χ1v) is 19.1. The van der Waals surface area contributed by atoms with Gasteiger partial charge in [-0.3, -0.25) is 55.3 Å². The normalized spacial score (nSPS) is 9.75. The highest BCUT2D eigenvalue weighted by Crippen LogP contribution is 2.01. The van der Waals surface area contributed by atoms with Crippen LogP contribution in [0.2, 0.25) is 0 Å². The molecular formula is C34H72N12O13. The first kappa shape index (κ1) is 63.1. The van der Waals surface area contributed by atoms with Crippen LogP contribution in [-0.4, -0.2) is 101 Å². The maximum Gasteiger partial charge on any atom is 0.293 e. The largest absolute Gasteiger partial charge is 0.482 e. The number of carbonyl (C=O) groups excluding carboxylic acids is 7. The fraction of sp³-hybridized carbons (Fsp3) is 0.735. The van der Waals surface area contributed by atoms with E-state index in [1.54, 1.807) is 6.92 Å². The number of carbonyl (C=O) groups is 7. The number of hydrogen-bond donors (Lipinski definition) is 10. The average Bonchev–Trinajstić information content (AvgIpc) is 3.24. The van der Waals surface area contributed by atoms with Crippen molar-refractivity contribution in [3.05, 3.63) is 0 Å². The van der Waals surface area contributed by atoms with Gasteiger partial charge in [0.2, 0.25) is 35.4 Å². The Morgan fingerprint density at radius 3 is 0.881 bits per heavy atom. The van der Waals surface area contributed by atoms with E-state index in [1.165, 1.54) is 12.8 Å². The molecule has 0 aliphatic rings. The molecule has 0 saturated carbocycles. The summed E-state index contributed by atoms with van der Waals surface area (Å²) in [6.45, 7) is 14.4. The third-order valence-electron chi connectivity index (χ3n) is 5.93. The zero-order valence-corrected chi connectivity index (χ0v) is 35.5. The molecule has 14 N–H and O–H groups in total. The van der Waals surface area contributed by atoms with Crippen LogP contribution < -0.4 is 55.9 Å². The molecule has 346 valence electrons. The van der Waals surface area contributed by atoms with Crippen LogP contribution in [0, 0.1) is 0 Å². The molecule has 0 radical (unpaired) electrons. The van der Waals surface area contributed by atoms with E-state index in [4.69, 9.17) is 47.1 Å². The third-order valence-corrected chi connectivity index (χ3v) is 5.93. The molecule has 0 aromatic heterocycles. The first-order valence-electron chi connectivity index (χ1n) is 19.1. The van der Waals surface area contributed by atoms with Crippen molar-refractivity contribution in [2.75, 3.05) is 39.6 Å². The molecule has 0 fully saturated rings. The number of unbranched alkanes of at least 4 members (excludes halogenated alkanes) is 3. The molecule has 0 heterocycles. The summed E-state index contributed by atoms with van der Waals surface area (Å²) in [4.78, 5) is 74.0. The molecule has 0 aromatic carbocycles. The molecule has 6 amide bonds. The van der Waals surface area contributed by atoms with Crippen LogP contribution in [0.4, 0.5) is 0 Å². The van der Waals surface area contributed by atoms with Gasteiger partial charge in [0.05, 0.1) is 19.8 Å². The Bertz CT molecular complexity index is 973. The molecule has 0 aromatic rings. The molecular weight excluding hydrogens is 784 g/mol. The van der Waals surface area contributed by atoms with Crippen molar-refractivity contribution in [1.29, 1.82) is 0 Å². The SMILES string of the molecule is CCO/C=N/NC(=O)CCCCC(=O)N/N=C/OCC.CCOC(OCC)OCC.CCOC=O.NNC(=O)CCCCC(=O)NN.NNC(=O)CCCCC(=O)NN. The summed E-state index contributed by atoms with van der Waals surface area (Å²) < 4.78 is 29.0. The number of rotatable bonds is 29. The number of hydrogen-bond acceptors (Lipinski definition) is 19. The summed E-state index contributed by atoms with van der Waals surface area (Å²) in [6, 6.07) is 0. The summed E-state index contributed by atoms with van der Waals surface area (Å²) in [7, 11) is 0. The van der Waals surface area contributed by atoms with Gasteiger partial charge in [-0.05, 0) is 80.1 Å². The second kappa shape index (κ2) is 55.0. The predicted octanol–water partition coefficient (Wildman–Crippen LogP) is -0.649. The molecule has 0 rings (SSSR count). The lowest BCUT2D eigenvalue weighted by molar-refractivity contribution is -0.282. The van der Waals surface area contributed by atoms with Crippen LogP contribution in [0.25, 0.3) is 0 Å². The molecule has 25 heteroatoms. The topological polar surface area (TPSA) is 376 Å². The van der Waals surface area contributed by atoms with Crippen molar-refractivity contribution >= 4 is 54.7 Å². The second-order valence-corrected chi connectivity index (χ2v) is 10.5. The van der Waals surface area contributed by atoms with Crippen LogP contribution in [0.1, 0.15) is 119 Å². The monoisotopic (exact) mass is 857 g/mol. The van der Waals surface area contributed by atoms with Crippen molar-refractivity contribution in [3.63, 3.8) is 0 Å². The molecule has 25 nitrogen and oxygen atoms in total. The molecule has 0 bridgehead atoms. The fourth-order valence-electron chi connectivity index (χ4n) is 3.15. The number of hydrazone groups is 2. The van der Waals surface area contributed by atoms with Gasteiger partial charge in [-0.15, -0.1) is 10.2 Å². The van der Waals surface area contributed by atoms with Crippen molar-refractivity contribution in [2.45, 2.75) is 125 Å². The molecule has 0 unspecified atom stereocenters. The van der Waals surface area contributed by atoms with E-state index in [0.29, 0.717) is 123 Å². The van der Waals surface area contributed by atoms with Gasteiger partial charge in [-0.1, -0.05) is 0 Å². The van der Waals surface area contributed by atoms with E-state index in [9.17, 15) is 33.6 Å². The summed E-state index contributed by atoms with van der Waals surface area (Å²) >= 11 is 0. The molecule has 59 heavy (non-hydrogen) atoms. The fourth-order valence-corrected chi connectivity index (χ4v) is 3.15. The molecule has 0 spiro atoms. The van der Waals surface area contributed by atoms with E-state index >= 15 is 0 Å². The Morgan fingerprint density at radius 2 is 0.695 bits per heavy atom. The van der Waals surface area contributed by atoms with Gasteiger partial charge in [-0.2, -0.15) is 0 Å². The van der Waals surface area contributed by atoms with Crippen molar-refractivity contribution in [1.82, 2.24) is 32.6 Å². The molecule has 0 saturated heterocycles. The Balaban J connectivity index is -0.000000218. The Kier molecular flexibility index (Phi) is 58.9. The lowest BCUT2D eigenvalue weighted by Crippen LogP contribution is -2.30. The smallest absolute Gasteiger partial charge is 0.293 e. The van der Waals surface area contributed by atoms with Crippen molar-refractivity contribution in [2.24, 2.45) is 33.6 Å². The van der Waals surface area contributed by atoms with Gasteiger partial charge in [-0.25, -0.2) is 34.2 Å². The van der Waals surface area contributed by atoms with E-state index in [-0.39, 0.29) is 35.4 Å². The third kappa shape index (κ3) is 62.4. The quantitative estimate of drug-likeness (QED) is 0.00653. The van der Waals surface area contributed by atoms with Crippen LogP contribution in [0.15, 0.2) is 10.2 Å². The van der Waals surface area contributed by atoms with Crippen LogP contribution in [0.3, 0.4) is 0 Å². The summed E-state index contributed by atoms with van der Waals surface area (Å²) in [5.74, 6) is 18.1. The number of nitrogens with two attached hydrogens (primary N) is 4. The van der Waals surface area contributed by atoms with E-state index < -0.39 is 6.48 Å². The first-order chi connectivity index (χ1) is 28.4. The van der Waals surface area contributed by atoms with E-state index in [2.05, 4.69) is 25.8 Å². The lowest BCUT2D eigenvalue weighted by atomic mass is 10.2. The Labute approximate surface area is 347 Å². The zero-order chi connectivity index (χ0) is 45.8. The van der Waals surface area contributed by atoms with Crippen molar-refractivity contribution in [3.8, 4) is 0 Å². The maximum absolute atomic E-state index is 11.3. The number of amides is 6. The molecule has 0 atom stereocenters. The number of hydrazine groups is 4. The summed E-state index contributed by atoms with van der Waals surface area (Å²) in [6.07, 6.45) is 8.07. The number of nitrogens with one attached hydrogen (secondary N) is 6. The van der Waals surface area contributed by atoms with Gasteiger partial charge in [0.15, 0.2) is 12.8 Å². The van der Waals surface area contributed by atoms with Gasteiger partial charge in [0.25, 0.3) is 12.9 Å². The Hall–Kier alpha value is -5.05. The van der Waals surface area contributed by atoms with Gasteiger partial charge >= 0.3 is 0 Å². The summed E-state index contributed by atoms with van der Waals surface area (Å²) in [5.41, 5.74) is 12.6. The lowest BCUT2D eigenvalue weighted by Gasteiger charge is -2.15. The Morgan fingerprint density at radius 1 is 0.441 bits per heavy atom. The van der Waals surface area contributed by atoms with Gasteiger partial charge in [0, 0.05) is 58.3 Å². The molecule has 0 aliphatic carbocycles. The van der Waals surface area contributed by atoms with Crippen LogP contribution >= 0.6 is 0 Å². The number of nitrogens with zero attached hydrogens (tertiary/aromatic N) is 2. The zero-order valence-electron chi connectivity index (χ0n) is 35.5. The van der Waals surface area contributed by atoms with E-state index in [1.807, 2.05) is 56.3 Å². The minimum atomic E-state index is -0.472. The number of ether oxygens (including phenoxy) is 6. The maximum atomic E-state index is 11.3. The second-order valence-electron chi connectivity index (χ2n) is 10.5. The summed E-state index contributed by atoms with van der Waals surface area (Å²) in [5, 5.41) is 7.15. The van der Waals surface area contributed by atoms with Gasteiger partial charge < -0.3 is 28.4 Å². The van der Waals surface area contributed by atoms with Crippen molar-refractivity contribution < 1.29 is 62.0 Å². The average molecular weight is 857 g/mol. The predicted molar refractivity (Wildman–Crippen MR) is 218 cm³/mol. The van der Waals surface area contributed by atoms with E-state index in [0.717, 1.165) is 0 Å². The molecule has 0 aliphatic heterocycles. The van der Waals surface area contributed by atoms with Gasteiger partial charge in [0.1, 0.15) is 0 Å². The van der Waals surface area contributed by atoms with Crippen LogP contribution in [0.5, 0.6) is 0 Å². The minimum absolute atomic E-state index is 0.212. The van der Waals surface area contributed by atoms with Crippen LogP contribution in [-0.2, 0) is 62.0 Å². The highest BCUT2D eigenvalue weighted by molar-refractivity contribution is 5.78. The highest BCUT2D eigenvalue weighted by atomic mass is 16.8. The highest BCUT2D eigenvalue weighted by Gasteiger charge is 2.05. The standard InChI is InChI=1S/C12H22N4O4.C7H16O3.2C6H14N4O2.C3H6O2/c1-3-19-9-13-15-11(17)7-5-6-8-12(18)16-14-10-20-4-2;1-4-8-7(9-5-2)10-6-3;2*7-9-5(11)3-1-2-4-6(12)10-8;1-2-5-3-4/h9-10H,3-8H2,1-2H3,(H,15,17)(H,16,18);7H,4-6H2,1-3H3;2*1-4,7-8H2,(H,9,11)(H,10,12);3H,2H2,1H3/b13-9+,14-10+;;;;. The minimum Gasteiger partial charge on any atom is -0.482 e.